The molecule has 2 unspecified atom stereocenters. The Balaban J connectivity index is 1.96. The first-order valence-corrected chi connectivity index (χ1v) is 5.77. The molecule has 1 heterocycles. The smallest absolute Gasteiger partial charge is 0.307 e. The zero-order chi connectivity index (χ0) is 10.8. The average molecular weight is 212 g/mol. The second-order valence-corrected chi connectivity index (χ2v) is 4.62. The molecule has 0 spiro atoms. The van der Waals surface area contributed by atoms with Crippen LogP contribution in [-0.4, -0.2) is 49.2 Å². The van der Waals surface area contributed by atoms with Gasteiger partial charge in [-0.2, -0.15) is 0 Å². The number of ether oxygens (including phenoxy) is 1. The first-order chi connectivity index (χ1) is 7.22. The lowest BCUT2D eigenvalue weighted by atomic mass is 10.1. The minimum Gasteiger partial charge on any atom is -0.469 e. The molecule has 4 heteroatoms. The molecule has 2 aliphatic rings. The number of rotatable bonds is 3. The zero-order valence-corrected chi connectivity index (χ0v) is 9.53. The van der Waals surface area contributed by atoms with Crippen LogP contribution in [0.15, 0.2) is 0 Å². The van der Waals surface area contributed by atoms with E-state index in [9.17, 15) is 4.79 Å². The number of carbonyl (C=O) groups excluding carboxylic acids is 1. The minimum absolute atomic E-state index is 0.0958. The van der Waals surface area contributed by atoms with Crippen LogP contribution in [0.4, 0.5) is 0 Å². The fourth-order valence-electron chi connectivity index (χ4n) is 2.51. The highest BCUT2D eigenvalue weighted by Gasteiger charge is 2.39. The van der Waals surface area contributed by atoms with E-state index < -0.39 is 0 Å². The van der Waals surface area contributed by atoms with Crippen LogP contribution in [0.5, 0.6) is 0 Å². The molecular formula is C11H20N2O2. The summed E-state index contributed by atoms with van der Waals surface area (Å²) < 4.78 is 4.74. The van der Waals surface area contributed by atoms with E-state index in [0.717, 1.165) is 19.1 Å². The third-order valence-corrected chi connectivity index (χ3v) is 3.35. The lowest BCUT2D eigenvalue weighted by molar-refractivity contribution is -0.142. The Hall–Kier alpha value is -0.610. The zero-order valence-electron chi connectivity index (χ0n) is 9.53. The Labute approximate surface area is 91.0 Å². The molecule has 2 rings (SSSR count). The monoisotopic (exact) mass is 212 g/mol. The third kappa shape index (κ3) is 2.49. The summed E-state index contributed by atoms with van der Waals surface area (Å²) in [7, 11) is 1.46. The van der Waals surface area contributed by atoms with Gasteiger partial charge in [-0.25, -0.2) is 0 Å². The van der Waals surface area contributed by atoms with Gasteiger partial charge in [0.25, 0.3) is 0 Å². The van der Waals surface area contributed by atoms with Gasteiger partial charge in [0.2, 0.25) is 0 Å². The summed E-state index contributed by atoms with van der Waals surface area (Å²) in [5.74, 6) is -0.0958. The molecule has 0 aromatic heterocycles. The van der Waals surface area contributed by atoms with Crippen molar-refractivity contribution in [1.82, 2.24) is 10.2 Å². The Kier molecular flexibility index (Phi) is 3.26. The van der Waals surface area contributed by atoms with Crippen LogP contribution in [0.3, 0.4) is 0 Å². The molecule has 1 saturated carbocycles. The van der Waals surface area contributed by atoms with Crippen molar-refractivity contribution in [3.63, 3.8) is 0 Å². The van der Waals surface area contributed by atoms with Gasteiger partial charge < -0.3 is 10.1 Å². The highest BCUT2D eigenvalue weighted by molar-refractivity contribution is 5.70. The highest BCUT2D eigenvalue weighted by atomic mass is 16.5. The maximum atomic E-state index is 11.3. The molecule has 1 aliphatic heterocycles. The lowest BCUT2D eigenvalue weighted by Gasteiger charge is -2.41. The van der Waals surface area contributed by atoms with Crippen molar-refractivity contribution in [1.29, 1.82) is 0 Å². The SMILES string of the molecule is COC(=O)CC1CNCC(C)N1C1CC1. The van der Waals surface area contributed by atoms with Gasteiger partial charge in [0.1, 0.15) is 0 Å². The molecule has 0 aromatic rings. The first kappa shape index (κ1) is 10.9. The largest absolute Gasteiger partial charge is 0.469 e. The van der Waals surface area contributed by atoms with E-state index in [1.54, 1.807) is 0 Å². The molecular weight excluding hydrogens is 192 g/mol. The predicted molar refractivity (Wildman–Crippen MR) is 57.6 cm³/mol. The standard InChI is InChI=1S/C11H20N2O2/c1-8-6-12-7-10(5-11(14)15-2)13(8)9-3-4-9/h8-10,12H,3-7H2,1-2H3. The predicted octanol–water partition coefficient (Wildman–Crippen LogP) is 0.374. The van der Waals surface area contributed by atoms with Crippen molar-refractivity contribution in [3.05, 3.63) is 0 Å². The van der Waals surface area contributed by atoms with E-state index in [-0.39, 0.29) is 5.97 Å². The van der Waals surface area contributed by atoms with Crippen molar-refractivity contribution < 1.29 is 9.53 Å². The van der Waals surface area contributed by atoms with E-state index in [1.165, 1.54) is 20.0 Å². The number of hydrogen-bond donors (Lipinski definition) is 1. The topological polar surface area (TPSA) is 41.6 Å². The van der Waals surface area contributed by atoms with E-state index in [2.05, 4.69) is 17.1 Å². The quantitative estimate of drug-likeness (QED) is 0.686. The molecule has 15 heavy (non-hydrogen) atoms. The molecule has 1 saturated heterocycles. The van der Waals surface area contributed by atoms with Crippen molar-refractivity contribution in [2.75, 3.05) is 20.2 Å². The van der Waals surface area contributed by atoms with Gasteiger partial charge in [0.05, 0.1) is 13.5 Å². The summed E-state index contributed by atoms with van der Waals surface area (Å²) in [6.07, 6.45) is 3.11. The Bertz CT molecular complexity index is 241. The van der Waals surface area contributed by atoms with Gasteiger partial charge >= 0.3 is 5.97 Å². The molecule has 4 nitrogen and oxygen atoms in total. The molecule has 0 amide bonds. The van der Waals surface area contributed by atoms with Crippen LogP contribution < -0.4 is 5.32 Å². The average Bonchev–Trinajstić information content (AvgIpc) is 3.01. The van der Waals surface area contributed by atoms with Gasteiger partial charge in [-0.05, 0) is 19.8 Å². The lowest BCUT2D eigenvalue weighted by Crippen LogP contribution is -2.57. The summed E-state index contributed by atoms with van der Waals surface area (Å²) >= 11 is 0. The first-order valence-electron chi connectivity index (χ1n) is 5.77. The summed E-state index contributed by atoms with van der Waals surface area (Å²) in [6.45, 7) is 4.18. The van der Waals surface area contributed by atoms with Crippen molar-refractivity contribution in [2.45, 2.75) is 44.3 Å². The van der Waals surface area contributed by atoms with Crippen molar-refractivity contribution in [2.24, 2.45) is 0 Å². The van der Waals surface area contributed by atoms with Gasteiger partial charge in [-0.1, -0.05) is 0 Å². The Morgan fingerprint density at radius 1 is 1.47 bits per heavy atom. The number of nitrogens with zero attached hydrogens (tertiary/aromatic N) is 1. The summed E-state index contributed by atoms with van der Waals surface area (Å²) in [5, 5.41) is 3.38. The second kappa shape index (κ2) is 4.49. The van der Waals surface area contributed by atoms with Gasteiger partial charge in [0, 0.05) is 31.2 Å². The number of piperazine rings is 1. The number of hydrogen-bond acceptors (Lipinski definition) is 4. The molecule has 1 N–H and O–H groups in total. The fourth-order valence-corrected chi connectivity index (χ4v) is 2.51. The van der Waals surface area contributed by atoms with E-state index in [4.69, 9.17) is 4.74 Å². The number of esters is 1. The maximum absolute atomic E-state index is 11.3. The van der Waals surface area contributed by atoms with Crippen molar-refractivity contribution in [3.8, 4) is 0 Å². The second-order valence-electron chi connectivity index (χ2n) is 4.62. The molecule has 2 fully saturated rings. The van der Waals surface area contributed by atoms with E-state index in [1.807, 2.05) is 0 Å². The van der Waals surface area contributed by atoms with Crippen LogP contribution >= 0.6 is 0 Å². The number of nitrogens with one attached hydrogen (secondary N) is 1. The van der Waals surface area contributed by atoms with E-state index >= 15 is 0 Å². The molecule has 2 atom stereocenters. The Morgan fingerprint density at radius 2 is 2.20 bits per heavy atom. The van der Waals surface area contributed by atoms with Crippen LogP contribution in [0.1, 0.15) is 26.2 Å². The third-order valence-electron chi connectivity index (χ3n) is 3.35. The summed E-state index contributed by atoms with van der Waals surface area (Å²) in [6, 6.07) is 1.59. The molecule has 86 valence electrons. The molecule has 0 bridgehead atoms. The minimum atomic E-state index is -0.0958. The number of methoxy groups -OCH3 is 1. The van der Waals surface area contributed by atoms with Crippen LogP contribution in [-0.2, 0) is 9.53 Å². The van der Waals surface area contributed by atoms with Gasteiger partial charge in [-0.3, -0.25) is 9.69 Å². The van der Waals surface area contributed by atoms with Gasteiger partial charge in [0.15, 0.2) is 0 Å². The normalized spacial score (nSPS) is 32.7. The van der Waals surface area contributed by atoms with Crippen molar-refractivity contribution >= 4 is 5.97 Å². The van der Waals surface area contributed by atoms with E-state index in [0.29, 0.717) is 18.5 Å². The highest BCUT2D eigenvalue weighted by Crippen LogP contribution is 2.32. The Morgan fingerprint density at radius 3 is 2.80 bits per heavy atom. The summed E-state index contributed by atoms with van der Waals surface area (Å²) in [5.41, 5.74) is 0. The van der Waals surface area contributed by atoms with Crippen LogP contribution in [0.2, 0.25) is 0 Å². The summed E-state index contributed by atoms with van der Waals surface area (Å²) in [4.78, 5) is 13.8. The van der Waals surface area contributed by atoms with Gasteiger partial charge in [-0.15, -0.1) is 0 Å². The molecule has 0 radical (unpaired) electrons. The molecule has 0 aromatic carbocycles. The van der Waals surface area contributed by atoms with Crippen LogP contribution in [0.25, 0.3) is 0 Å². The van der Waals surface area contributed by atoms with Crippen LogP contribution in [0, 0.1) is 0 Å². The maximum Gasteiger partial charge on any atom is 0.307 e. The molecule has 1 aliphatic carbocycles. The fraction of sp³-hybridized carbons (Fsp3) is 0.909. The number of carbonyl (C=O) groups is 1.